The molecule has 0 heterocycles. The summed E-state index contributed by atoms with van der Waals surface area (Å²) in [5, 5.41) is 0. The Hall–Kier alpha value is -0.650. The lowest BCUT2D eigenvalue weighted by Crippen LogP contribution is -2.12. The van der Waals surface area contributed by atoms with Gasteiger partial charge in [-0.25, -0.2) is 0 Å². The maximum Gasteiger partial charge on any atom is 0.572 e. The maximum atomic E-state index is 11.7. The van der Waals surface area contributed by atoms with Crippen molar-refractivity contribution in [3.05, 3.63) is 11.8 Å². The van der Waals surface area contributed by atoms with Crippen LogP contribution in [0.15, 0.2) is 11.8 Å². The van der Waals surface area contributed by atoms with Crippen molar-refractivity contribution in [2.24, 2.45) is 0 Å². The van der Waals surface area contributed by atoms with E-state index >= 15 is 0 Å². The van der Waals surface area contributed by atoms with E-state index in [4.69, 9.17) is 0 Å². The van der Waals surface area contributed by atoms with Crippen LogP contribution in [0.4, 0.5) is 13.2 Å². The average molecular weight is 244 g/mol. The third kappa shape index (κ3) is 7.30. The molecular weight excluding hydrogens is 229 g/mol. The van der Waals surface area contributed by atoms with Crippen LogP contribution in [0.3, 0.4) is 0 Å². The van der Waals surface area contributed by atoms with Crippen LogP contribution in [0, 0.1) is 0 Å². The van der Waals surface area contributed by atoms with Crippen LogP contribution in [0.5, 0.6) is 0 Å². The number of ether oxygens (including phenoxy) is 1. The number of allylic oxidation sites excluding steroid dienone is 2. The van der Waals surface area contributed by atoms with Gasteiger partial charge in [0.15, 0.2) is 0 Å². The topological polar surface area (TPSA) is 26.3 Å². The van der Waals surface area contributed by atoms with Gasteiger partial charge in [0.1, 0.15) is 0 Å². The molecule has 0 amide bonds. The van der Waals surface area contributed by atoms with Crippen molar-refractivity contribution in [2.45, 2.75) is 26.6 Å². The summed E-state index contributed by atoms with van der Waals surface area (Å²) in [6.07, 6.45) is -0.0518. The Morgan fingerprint density at radius 1 is 1.33 bits per heavy atom. The van der Waals surface area contributed by atoms with Crippen molar-refractivity contribution in [1.29, 1.82) is 0 Å². The van der Waals surface area contributed by atoms with E-state index < -0.39 is 15.9 Å². The predicted octanol–water partition coefficient (Wildman–Crippen LogP) is 2.55. The van der Waals surface area contributed by atoms with Gasteiger partial charge in [0, 0.05) is 12.5 Å². The molecule has 0 radical (unpaired) electrons. The van der Waals surface area contributed by atoms with Gasteiger partial charge < -0.3 is 4.74 Å². The van der Waals surface area contributed by atoms with Gasteiger partial charge in [-0.3, -0.25) is 4.21 Å². The Kier molecular flexibility index (Phi) is 4.70. The first-order valence-electron chi connectivity index (χ1n) is 4.21. The zero-order chi connectivity index (χ0) is 12.3. The number of hydrogen-bond donors (Lipinski definition) is 0. The molecule has 0 rings (SSSR count). The van der Waals surface area contributed by atoms with Crippen LogP contribution < -0.4 is 0 Å². The molecular formula is C9H15F3O2S. The number of halogens is 3. The molecule has 90 valence electrons. The summed E-state index contributed by atoms with van der Waals surface area (Å²) in [6, 6.07) is 0. The van der Waals surface area contributed by atoms with Gasteiger partial charge in [-0.1, -0.05) is 0 Å². The Morgan fingerprint density at radius 3 is 2.13 bits per heavy atom. The zero-order valence-electron chi connectivity index (χ0n) is 9.14. The second-order valence-corrected chi connectivity index (χ2v) is 6.67. The minimum absolute atomic E-state index is 0.230. The van der Waals surface area contributed by atoms with Crippen molar-refractivity contribution in [3.8, 4) is 0 Å². The van der Waals surface area contributed by atoms with E-state index in [1.807, 2.05) is 0 Å². The smallest absolute Gasteiger partial charge is 0.411 e. The predicted molar refractivity (Wildman–Crippen MR) is 56.2 cm³/mol. The Bertz CT molecular complexity index is 352. The molecule has 0 spiro atoms. The number of rotatable bonds is 3. The van der Waals surface area contributed by atoms with Crippen LogP contribution in [0.2, 0.25) is 0 Å². The molecule has 6 heteroatoms. The van der Waals surface area contributed by atoms with Crippen LogP contribution in [-0.4, -0.2) is 27.9 Å². The molecule has 15 heavy (non-hydrogen) atoms. The van der Waals surface area contributed by atoms with Gasteiger partial charge in [-0.05, 0) is 40.7 Å². The minimum Gasteiger partial charge on any atom is -0.411 e. The van der Waals surface area contributed by atoms with E-state index in [9.17, 15) is 17.4 Å². The molecule has 0 fully saturated rings. The van der Waals surface area contributed by atoms with E-state index in [1.165, 1.54) is 13.0 Å². The molecule has 0 aliphatic heterocycles. The molecule has 0 aromatic heterocycles. The highest BCUT2D eigenvalue weighted by atomic mass is 32.2. The first kappa shape index (κ1) is 14.3. The minimum atomic E-state index is -4.66. The number of hydrogen-bond acceptors (Lipinski definition) is 2. The number of alkyl halides is 3. The lowest BCUT2D eigenvalue weighted by molar-refractivity contribution is -0.305. The molecule has 0 aromatic rings. The molecule has 0 atom stereocenters. The fourth-order valence-electron chi connectivity index (χ4n) is 0.712. The first-order valence-corrected chi connectivity index (χ1v) is 6.59. The Morgan fingerprint density at radius 2 is 1.80 bits per heavy atom. The van der Waals surface area contributed by atoms with Gasteiger partial charge in [0.05, 0.1) is 5.76 Å². The Labute approximate surface area is 88.1 Å². The largest absolute Gasteiger partial charge is 0.572 e. The standard InChI is InChI=1S/C9H15F3O2S/c1-7(14-9(10,11)12)5-6-8(2)15(3,4)13/h5H,6H2,1-4H3. The highest BCUT2D eigenvalue weighted by Gasteiger charge is 2.30. The summed E-state index contributed by atoms with van der Waals surface area (Å²) in [4.78, 5) is 0.646. The average Bonchev–Trinajstić information content (AvgIpc) is 1.94. The lowest BCUT2D eigenvalue weighted by Gasteiger charge is -2.09. The van der Waals surface area contributed by atoms with E-state index in [1.54, 1.807) is 19.4 Å². The summed E-state index contributed by atoms with van der Waals surface area (Å²) in [5.74, 6) is -0.231. The molecule has 0 bridgehead atoms. The zero-order valence-corrected chi connectivity index (χ0v) is 9.96. The fourth-order valence-corrected chi connectivity index (χ4v) is 1.20. The lowest BCUT2D eigenvalue weighted by atomic mass is 10.3. The van der Waals surface area contributed by atoms with Crippen molar-refractivity contribution >= 4 is 14.4 Å². The third-order valence-electron chi connectivity index (χ3n) is 1.79. The van der Waals surface area contributed by atoms with Gasteiger partial charge >= 0.3 is 6.36 Å². The molecule has 0 aromatic carbocycles. The third-order valence-corrected chi connectivity index (χ3v) is 3.64. The van der Waals surface area contributed by atoms with Crippen LogP contribution >= 0.6 is 0 Å². The van der Waals surface area contributed by atoms with Gasteiger partial charge in [-0.15, -0.1) is 13.2 Å². The summed E-state index contributed by atoms with van der Waals surface area (Å²) >= 11 is 0. The van der Waals surface area contributed by atoms with Crippen LogP contribution in [0.25, 0.3) is 0 Å². The molecule has 0 saturated carbocycles. The van der Waals surface area contributed by atoms with Gasteiger partial charge in [0.25, 0.3) is 0 Å². The molecule has 2 nitrogen and oxygen atoms in total. The summed E-state index contributed by atoms with van der Waals surface area (Å²) in [6.45, 7) is 2.87. The van der Waals surface area contributed by atoms with Gasteiger partial charge in [0.2, 0.25) is 0 Å². The van der Waals surface area contributed by atoms with E-state index in [2.05, 4.69) is 4.74 Å². The van der Waals surface area contributed by atoms with E-state index in [0.29, 0.717) is 4.86 Å². The second-order valence-electron chi connectivity index (χ2n) is 3.50. The maximum absolute atomic E-state index is 11.7. The fraction of sp³-hybridized carbons (Fsp3) is 0.667. The van der Waals surface area contributed by atoms with E-state index in [0.717, 1.165) is 0 Å². The Balaban J connectivity index is 4.51. The monoisotopic (exact) mass is 244 g/mol. The molecule has 0 aliphatic carbocycles. The van der Waals surface area contributed by atoms with E-state index in [-0.39, 0.29) is 12.2 Å². The highest BCUT2D eigenvalue weighted by Crippen LogP contribution is 2.20. The van der Waals surface area contributed by atoms with Crippen molar-refractivity contribution in [3.63, 3.8) is 0 Å². The summed E-state index contributed by atoms with van der Waals surface area (Å²) < 4.78 is 50.3. The van der Waals surface area contributed by atoms with Crippen molar-refractivity contribution < 1.29 is 22.1 Å². The molecule has 0 aliphatic rings. The molecule has 0 unspecified atom stereocenters. The normalized spacial score (nSPS) is 13.9. The highest BCUT2D eigenvalue weighted by molar-refractivity contribution is 8.01. The van der Waals surface area contributed by atoms with Crippen molar-refractivity contribution in [1.82, 2.24) is 0 Å². The van der Waals surface area contributed by atoms with Crippen LogP contribution in [0.1, 0.15) is 20.3 Å². The molecule has 0 N–H and O–H groups in total. The quantitative estimate of drug-likeness (QED) is 0.563. The SMILES string of the molecule is CC(=CCC(C)=S(C)(C)=O)OC(F)(F)F. The van der Waals surface area contributed by atoms with Crippen molar-refractivity contribution in [2.75, 3.05) is 12.5 Å². The summed E-state index contributed by atoms with van der Waals surface area (Å²) in [7, 11) is -2.06. The van der Waals surface area contributed by atoms with Gasteiger partial charge in [-0.2, -0.15) is 0 Å². The van der Waals surface area contributed by atoms with Crippen LogP contribution in [-0.2, 0) is 14.3 Å². The molecule has 0 saturated heterocycles. The first-order chi connectivity index (χ1) is 6.52. The summed E-state index contributed by atoms with van der Waals surface area (Å²) in [5.41, 5.74) is 0. The second kappa shape index (κ2) is 4.92.